The van der Waals surface area contributed by atoms with Gasteiger partial charge in [-0.05, 0) is 61.0 Å². The Balaban J connectivity index is 2.00. The fourth-order valence-corrected chi connectivity index (χ4v) is 2.68. The summed E-state index contributed by atoms with van der Waals surface area (Å²) >= 11 is 1.67. The van der Waals surface area contributed by atoms with Crippen LogP contribution in [0, 0.1) is 6.92 Å². The van der Waals surface area contributed by atoms with Crippen molar-refractivity contribution in [2.45, 2.75) is 26.4 Å². The van der Waals surface area contributed by atoms with E-state index in [1.807, 2.05) is 43.3 Å². The number of hydrogen-bond acceptors (Lipinski definition) is 4. The van der Waals surface area contributed by atoms with Gasteiger partial charge >= 0.3 is 0 Å². The number of nitrogen functional groups attached to an aromatic ring is 1. The minimum atomic E-state index is -0.217. The highest BCUT2D eigenvalue weighted by molar-refractivity contribution is 7.07. The number of carbonyl (C=O) groups is 1. The Labute approximate surface area is 129 Å². The SMILES string of the molecule is Cc1ccc(N)cc1NC(=O)C(C)N(C)Cc1ccsc1. The standard InChI is InChI=1S/C16H21N3OS/c1-11-4-5-14(17)8-15(11)18-16(20)12(2)19(3)9-13-6-7-21-10-13/h4-8,10,12H,9,17H2,1-3H3,(H,18,20). The molecule has 1 unspecified atom stereocenters. The summed E-state index contributed by atoms with van der Waals surface area (Å²) in [5, 5.41) is 7.10. The highest BCUT2D eigenvalue weighted by atomic mass is 32.1. The maximum atomic E-state index is 12.4. The van der Waals surface area contributed by atoms with Crippen LogP contribution in [0.5, 0.6) is 0 Å². The number of carbonyl (C=O) groups excluding carboxylic acids is 1. The summed E-state index contributed by atoms with van der Waals surface area (Å²) in [4.78, 5) is 14.4. The third kappa shape index (κ3) is 4.06. The average molecular weight is 303 g/mol. The van der Waals surface area contributed by atoms with E-state index in [9.17, 15) is 4.79 Å². The normalized spacial score (nSPS) is 12.4. The summed E-state index contributed by atoms with van der Waals surface area (Å²) in [5.74, 6) is -0.0265. The maximum Gasteiger partial charge on any atom is 0.241 e. The molecular formula is C16H21N3OS. The van der Waals surface area contributed by atoms with Crippen LogP contribution in [-0.2, 0) is 11.3 Å². The van der Waals surface area contributed by atoms with Crippen molar-refractivity contribution in [2.24, 2.45) is 0 Å². The van der Waals surface area contributed by atoms with Gasteiger partial charge in [-0.15, -0.1) is 0 Å². The smallest absolute Gasteiger partial charge is 0.241 e. The van der Waals surface area contributed by atoms with Gasteiger partial charge in [0.1, 0.15) is 0 Å². The van der Waals surface area contributed by atoms with E-state index in [0.717, 1.165) is 17.8 Å². The number of aryl methyl sites for hydroxylation is 1. The van der Waals surface area contributed by atoms with Crippen molar-refractivity contribution in [1.29, 1.82) is 0 Å². The van der Waals surface area contributed by atoms with Crippen LogP contribution in [0.15, 0.2) is 35.0 Å². The maximum absolute atomic E-state index is 12.4. The lowest BCUT2D eigenvalue weighted by atomic mass is 10.1. The molecule has 1 atom stereocenters. The number of thiophene rings is 1. The molecule has 0 radical (unpaired) electrons. The Morgan fingerprint density at radius 3 is 2.86 bits per heavy atom. The molecule has 2 aromatic rings. The zero-order valence-electron chi connectivity index (χ0n) is 12.6. The Kier molecular flexibility index (Phi) is 4.98. The van der Waals surface area contributed by atoms with E-state index in [1.54, 1.807) is 17.4 Å². The molecule has 0 aliphatic rings. The highest BCUT2D eigenvalue weighted by Crippen LogP contribution is 2.19. The molecule has 21 heavy (non-hydrogen) atoms. The van der Waals surface area contributed by atoms with Gasteiger partial charge in [0.15, 0.2) is 0 Å². The van der Waals surface area contributed by atoms with Crippen molar-refractivity contribution in [3.8, 4) is 0 Å². The van der Waals surface area contributed by atoms with Crippen molar-refractivity contribution in [2.75, 3.05) is 18.1 Å². The van der Waals surface area contributed by atoms with Crippen LogP contribution < -0.4 is 11.1 Å². The van der Waals surface area contributed by atoms with Gasteiger partial charge in [0, 0.05) is 17.9 Å². The summed E-state index contributed by atoms with van der Waals surface area (Å²) in [6, 6.07) is 7.39. The molecule has 0 bridgehead atoms. The first kappa shape index (κ1) is 15.5. The van der Waals surface area contributed by atoms with Crippen LogP contribution in [0.3, 0.4) is 0 Å². The monoisotopic (exact) mass is 303 g/mol. The van der Waals surface area contributed by atoms with Crippen molar-refractivity contribution < 1.29 is 4.79 Å². The third-order valence-corrected chi connectivity index (χ3v) is 4.30. The number of nitrogens with zero attached hydrogens (tertiary/aromatic N) is 1. The molecule has 0 spiro atoms. The number of nitrogens with two attached hydrogens (primary N) is 1. The van der Waals surface area contributed by atoms with Crippen LogP contribution in [0.2, 0.25) is 0 Å². The molecule has 2 rings (SSSR count). The average Bonchev–Trinajstić information content (AvgIpc) is 2.94. The van der Waals surface area contributed by atoms with Crippen molar-refractivity contribution in [3.05, 3.63) is 46.2 Å². The summed E-state index contributed by atoms with van der Waals surface area (Å²) in [6.07, 6.45) is 0. The Morgan fingerprint density at radius 1 is 1.43 bits per heavy atom. The third-order valence-electron chi connectivity index (χ3n) is 3.57. The number of anilines is 2. The summed E-state index contributed by atoms with van der Waals surface area (Å²) in [7, 11) is 1.95. The number of likely N-dealkylation sites (N-methyl/N-ethyl adjacent to an activating group) is 1. The van der Waals surface area contributed by atoms with Gasteiger partial charge in [-0.25, -0.2) is 0 Å². The van der Waals surface area contributed by atoms with E-state index in [2.05, 4.69) is 16.8 Å². The van der Waals surface area contributed by atoms with Gasteiger partial charge in [0.25, 0.3) is 0 Å². The number of benzene rings is 1. The van der Waals surface area contributed by atoms with E-state index in [0.29, 0.717) is 5.69 Å². The Bertz CT molecular complexity index is 610. The largest absolute Gasteiger partial charge is 0.399 e. The number of nitrogens with one attached hydrogen (secondary N) is 1. The second-order valence-electron chi connectivity index (χ2n) is 5.29. The summed E-state index contributed by atoms with van der Waals surface area (Å²) in [6.45, 7) is 4.62. The molecule has 0 saturated carbocycles. The van der Waals surface area contributed by atoms with E-state index in [1.165, 1.54) is 5.56 Å². The van der Waals surface area contributed by atoms with Gasteiger partial charge < -0.3 is 11.1 Å². The van der Waals surface area contributed by atoms with Crippen molar-refractivity contribution >= 4 is 28.6 Å². The van der Waals surface area contributed by atoms with Crippen LogP contribution in [-0.4, -0.2) is 23.9 Å². The molecule has 3 N–H and O–H groups in total. The lowest BCUT2D eigenvalue weighted by molar-refractivity contribution is -0.120. The quantitative estimate of drug-likeness (QED) is 0.835. The van der Waals surface area contributed by atoms with Crippen LogP contribution in [0.25, 0.3) is 0 Å². The van der Waals surface area contributed by atoms with E-state index >= 15 is 0 Å². The molecule has 5 heteroatoms. The van der Waals surface area contributed by atoms with Gasteiger partial charge in [0.2, 0.25) is 5.91 Å². The molecule has 0 saturated heterocycles. The fourth-order valence-electron chi connectivity index (χ4n) is 2.02. The van der Waals surface area contributed by atoms with Gasteiger partial charge in [-0.2, -0.15) is 11.3 Å². The molecule has 1 amide bonds. The zero-order chi connectivity index (χ0) is 15.4. The van der Waals surface area contributed by atoms with Crippen molar-refractivity contribution in [3.63, 3.8) is 0 Å². The minimum Gasteiger partial charge on any atom is -0.399 e. The van der Waals surface area contributed by atoms with Crippen molar-refractivity contribution in [1.82, 2.24) is 4.90 Å². The number of hydrogen-bond donors (Lipinski definition) is 2. The molecule has 0 aliphatic heterocycles. The predicted molar refractivity (Wildman–Crippen MR) is 89.5 cm³/mol. The summed E-state index contributed by atoms with van der Waals surface area (Å²) in [5.41, 5.74) is 9.42. The lowest BCUT2D eigenvalue weighted by Gasteiger charge is -2.24. The predicted octanol–water partition coefficient (Wildman–Crippen LogP) is 3.10. The molecule has 0 aliphatic carbocycles. The molecule has 4 nitrogen and oxygen atoms in total. The van der Waals surface area contributed by atoms with Crippen LogP contribution >= 0.6 is 11.3 Å². The number of rotatable bonds is 5. The first-order chi connectivity index (χ1) is 9.97. The van der Waals surface area contributed by atoms with Crippen LogP contribution in [0.1, 0.15) is 18.1 Å². The minimum absolute atomic E-state index is 0.0265. The second-order valence-corrected chi connectivity index (χ2v) is 6.07. The zero-order valence-corrected chi connectivity index (χ0v) is 13.4. The first-order valence-electron chi connectivity index (χ1n) is 6.85. The van der Waals surface area contributed by atoms with E-state index < -0.39 is 0 Å². The Hall–Kier alpha value is -1.85. The molecule has 112 valence electrons. The molecule has 1 aromatic carbocycles. The van der Waals surface area contributed by atoms with E-state index in [4.69, 9.17) is 5.73 Å². The number of amides is 1. The topological polar surface area (TPSA) is 58.4 Å². The fraction of sp³-hybridized carbons (Fsp3) is 0.312. The van der Waals surface area contributed by atoms with Crippen LogP contribution in [0.4, 0.5) is 11.4 Å². The summed E-state index contributed by atoms with van der Waals surface area (Å²) < 4.78 is 0. The molecular weight excluding hydrogens is 282 g/mol. The molecule has 0 fully saturated rings. The van der Waals surface area contributed by atoms with Gasteiger partial charge in [-0.3, -0.25) is 9.69 Å². The highest BCUT2D eigenvalue weighted by Gasteiger charge is 2.19. The Morgan fingerprint density at radius 2 is 2.19 bits per heavy atom. The molecule has 1 heterocycles. The second kappa shape index (κ2) is 6.74. The van der Waals surface area contributed by atoms with E-state index in [-0.39, 0.29) is 11.9 Å². The lowest BCUT2D eigenvalue weighted by Crippen LogP contribution is -2.39. The van der Waals surface area contributed by atoms with Gasteiger partial charge in [0.05, 0.1) is 6.04 Å². The van der Waals surface area contributed by atoms with Gasteiger partial charge in [-0.1, -0.05) is 6.07 Å². The molecule has 1 aromatic heterocycles. The first-order valence-corrected chi connectivity index (χ1v) is 7.80.